The van der Waals surface area contributed by atoms with Crippen LogP contribution in [0.3, 0.4) is 0 Å². The van der Waals surface area contributed by atoms with E-state index in [1.807, 2.05) is 18.7 Å². The number of anilines is 3. The molecule has 4 rings (SSSR count). The molecule has 0 unspecified atom stereocenters. The summed E-state index contributed by atoms with van der Waals surface area (Å²) in [5.41, 5.74) is 1.34. The van der Waals surface area contributed by atoms with Crippen LogP contribution < -0.4 is 19.7 Å². The zero-order chi connectivity index (χ0) is 23.4. The van der Waals surface area contributed by atoms with Crippen LogP contribution in [0.5, 0.6) is 11.6 Å². The Kier molecular flexibility index (Phi) is 6.78. The molecule has 3 heterocycles. The molecule has 0 bridgehead atoms. The molecule has 0 spiro atoms. The molecule has 1 fully saturated rings. The van der Waals surface area contributed by atoms with Gasteiger partial charge in [-0.05, 0) is 37.6 Å². The summed E-state index contributed by atoms with van der Waals surface area (Å²) in [6, 6.07) is 8.39. The summed E-state index contributed by atoms with van der Waals surface area (Å²) >= 11 is 0. The molecule has 1 aliphatic heterocycles. The number of halogens is 2. The molecule has 0 aliphatic carbocycles. The predicted molar refractivity (Wildman–Crippen MR) is 118 cm³/mol. The second-order valence-electron chi connectivity index (χ2n) is 7.58. The van der Waals surface area contributed by atoms with Gasteiger partial charge in [0, 0.05) is 18.7 Å². The normalized spacial score (nSPS) is 18.2. The molecule has 1 saturated heterocycles. The van der Waals surface area contributed by atoms with Gasteiger partial charge in [0.05, 0.1) is 25.5 Å². The van der Waals surface area contributed by atoms with Crippen molar-refractivity contribution in [3.63, 3.8) is 0 Å². The minimum atomic E-state index is -0.914. The molecule has 0 saturated carbocycles. The van der Waals surface area contributed by atoms with Crippen molar-refractivity contribution in [2.75, 3.05) is 37.3 Å². The van der Waals surface area contributed by atoms with Crippen LogP contribution in [-0.4, -0.2) is 59.4 Å². The molecule has 11 heteroatoms. The standard InChI is InChI=1S/C22H24F2N6O3/c1-13-10-30(11-14(2)33-13)22-25-9-18(24)20(27-22)26-19-8-17(21(31-3)29-28-19)15-4-6-16(7-5-15)32-12-23/h4-9,13-14H,10-12H2,1-3H3,(H,25,26,27,28)/t13-,14+. The maximum Gasteiger partial charge on any atom is 0.241 e. The fraction of sp³-hybridized carbons (Fsp3) is 0.364. The quantitative estimate of drug-likeness (QED) is 0.568. The van der Waals surface area contributed by atoms with Gasteiger partial charge in [0.2, 0.25) is 18.7 Å². The average molecular weight is 458 g/mol. The molecule has 1 aromatic carbocycles. The Morgan fingerprint density at radius 2 is 1.88 bits per heavy atom. The zero-order valence-corrected chi connectivity index (χ0v) is 18.5. The SMILES string of the molecule is COc1nnc(Nc2nc(N3C[C@@H](C)O[C@@H](C)C3)ncc2F)cc1-c1ccc(OCF)cc1. The molecule has 0 amide bonds. The van der Waals surface area contributed by atoms with Crippen LogP contribution in [0.1, 0.15) is 13.8 Å². The lowest BCUT2D eigenvalue weighted by Gasteiger charge is -2.35. The van der Waals surface area contributed by atoms with Gasteiger partial charge in [-0.25, -0.2) is 13.8 Å². The summed E-state index contributed by atoms with van der Waals surface area (Å²) < 4.78 is 42.8. The maximum atomic E-state index is 14.5. The lowest BCUT2D eigenvalue weighted by atomic mass is 10.1. The van der Waals surface area contributed by atoms with Crippen molar-refractivity contribution in [1.82, 2.24) is 20.2 Å². The lowest BCUT2D eigenvalue weighted by Crippen LogP contribution is -2.46. The summed E-state index contributed by atoms with van der Waals surface area (Å²) in [4.78, 5) is 10.5. The molecular weight excluding hydrogens is 434 g/mol. The summed E-state index contributed by atoms with van der Waals surface area (Å²) in [5.74, 6) is 0.680. The van der Waals surface area contributed by atoms with E-state index < -0.39 is 12.7 Å². The Morgan fingerprint density at radius 3 is 2.55 bits per heavy atom. The van der Waals surface area contributed by atoms with Gasteiger partial charge < -0.3 is 24.4 Å². The van der Waals surface area contributed by atoms with Crippen LogP contribution >= 0.6 is 0 Å². The number of hydrogen-bond acceptors (Lipinski definition) is 9. The van der Waals surface area contributed by atoms with E-state index in [1.165, 1.54) is 7.11 Å². The molecule has 1 N–H and O–H groups in total. The first-order valence-corrected chi connectivity index (χ1v) is 10.4. The van der Waals surface area contributed by atoms with Crippen LogP contribution in [-0.2, 0) is 4.74 Å². The van der Waals surface area contributed by atoms with Crippen molar-refractivity contribution in [2.45, 2.75) is 26.1 Å². The van der Waals surface area contributed by atoms with Gasteiger partial charge in [-0.2, -0.15) is 4.98 Å². The molecule has 3 aromatic rings. The largest absolute Gasteiger partial charge is 0.479 e. The second-order valence-corrected chi connectivity index (χ2v) is 7.58. The average Bonchev–Trinajstić information content (AvgIpc) is 2.80. The summed E-state index contributed by atoms with van der Waals surface area (Å²) in [6.07, 6.45) is 1.14. The van der Waals surface area contributed by atoms with Crippen LogP contribution in [0, 0.1) is 5.82 Å². The Labute approximate surface area is 189 Å². The van der Waals surface area contributed by atoms with Gasteiger partial charge >= 0.3 is 0 Å². The highest BCUT2D eigenvalue weighted by Gasteiger charge is 2.25. The van der Waals surface area contributed by atoms with Crippen LogP contribution in [0.25, 0.3) is 11.1 Å². The Morgan fingerprint density at radius 1 is 1.15 bits per heavy atom. The van der Waals surface area contributed by atoms with Crippen molar-refractivity contribution in [2.24, 2.45) is 0 Å². The monoisotopic (exact) mass is 458 g/mol. The van der Waals surface area contributed by atoms with E-state index in [2.05, 4.69) is 25.5 Å². The first-order valence-electron chi connectivity index (χ1n) is 10.4. The van der Waals surface area contributed by atoms with Gasteiger partial charge in [-0.1, -0.05) is 12.1 Å². The number of alkyl halides is 1. The number of rotatable bonds is 7. The predicted octanol–water partition coefficient (Wildman–Crippen LogP) is 3.74. The third kappa shape index (κ3) is 5.25. The zero-order valence-electron chi connectivity index (χ0n) is 18.5. The number of benzene rings is 1. The van der Waals surface area contributed by atoms with Crippen molar-refractivity contribution >= 4 is 17.6 Å². The van der Waals surface area contributed by atoms with Crippen LogP contribution in [0.4, 0.5) is 26.4 Å². The Bertz CT molecular complexity index is 1090. The fourth-order valence-electron chi connectivity index (χ4n) is 3.65. The number of nitrogens with one attached hydrogen (secondary N) is 1. The third-order valence-electron chi connectivity index (χ3n) is 5.02. The highest BCUT2D eigenvalue weighted by molar-refractivity contribution is 5.72. The highest BCUT2D eigenvalue weighted by atomic mass is 19.1. The van der Waals surface area contributed by atoms with E-state index in [-0.39, 0.29) is 29.7 Å². The molecule has 2 atom stereocenters. The second kappa shape index (κ2) is 9.90. The topological polar surface area (TPSA) is 94.5 Å². The number of methoxy groups -OCH3 is 1. The van der Waals surface area contributed by atoms with E-state index in [0.717, 1.165) is 11.8 Å². The first kappa shape index (κ1) is 22.6. The van der Waals surface area contributed by atoms with Crippen molar-refractivity contribution in [3.8, 4) is 22.8 Å². The molecule has 2 aromatic heterocycles. The van der Waals surface area contributed by atoms with Crippen molar-refractivity contribution in [1.29, 1.82) is 0 Å². The molecular formula is C22H24F2N6O3. The molecule has 1 aliphatic rings. The number of aromatic nitrogens is 4. The van der Waals surface area contributed by atoms with Gasteiger partial charge in [-0.3, -0.25) is 0 Å². The maximum absolute atomic E-state index is 14.5. The van der Waals surface area contributed by atoms with E-state index in [9.17, 15) is 8.78 Å². The van der Waals surface area contributed by atoms with E-state index in [4.69, 9.17) is 14.2 Å². The summed E-state index contributed by atoms with van der Waals surface area (Å²) in [5, 5.41) is 11.0. The number of hydrogen-bond donors (Lipinski definition) is 1. The first-order chi connectivity index (χ1) is 16.0. The van der Waals surface area contributed by atoms with Gasteiger partial charge in [-0.15, -0.1) is 10.2 Å². The summed E-state index contributed by atoms with van der Waals surface area (Å²) in [6.45, 7) is 4.22. The van der Waals surface area contributed by atoms with Crippen molar-refractivity contribution < 1.29 is 23.0 Å². The molecule has 33 heavy (non-hydrogen) atoms. The van der Waals surface area contributed by atoms with Crippen LogP contribution in [0.15, 0.2) is 36.5 Å². The molecule has 9 nitrogen and oxygen atoms in total. The Hall–Kier alpha value is -3.60. The van der Waals surface area contributed by atoms with E-state index >= 15 is 0 Å². The van der Waals surface area contributed by atoms with E-state index in [0.29, 0.717) is 30.4 Å². The smallest absolute Gasteiger partial charge is 0.241 e. The van der Waals surface area contributed by atoms with E-state index in [1.54, 1.807) is 30.3 Å². The van der Waals surface area contributed by atoms with Crippen molar-refractivity contribution in [3.05, 3.63) is 42.3 Å². The van der Waals surface area contributed by atoms with Gasteiger partial charge in [0.15, 0.2) is 17.5 Å². The third-order valence-corrected chi connectivity index (χ3v) is 5.02. The molecule has 0 radical (unpaired) electrons. The fourth-order valence-corrected chi connectivity index (χ4v) is 3.65. The number of morpholine rings is 1. The number of ether oxygens (including phenoxy) is 3. The Balaban J connectivity index is 1.61. The highest BCUT2D eigenvalue weighted by Crippen LogP contribution is 2.31. The number of nitrogens with zero attached hydrogens (tertiary/aromatic N) is 5. The molecule has 174 valence electrons. The summed E-state index contributed by atoms with van der Waals surface area (Å²) in [7, 11) is 1.47. The lowest BCUT2D eigenvalue weighted by molar-refractivity contribution is -0.00572. The minimum Gasteiger partial charge on any atom is -0.479 e. The minimum absolute atomic E-state index is 0.00974. The van der Waals surface area contributed by atoms with Gasteiger partial charge in [0.1, 0.15) is 5.75 Å². The van der Waals surface area contributed by atoms with Crippen LogP contribution in [0.2, 0.25) is 0 Å². The van der Waals surface area contributed by atoms with Gasteiger partial charge in [0.25, 0.3) is 0 Å².